The molecule has 0 N–H and O–H groups in total. The molecule has 0 amide bonds. The van der Waals surface area contributed by atoms with Crippen LogP contribution in [-0.4, -0.2) is 12.7 Å². The quantitative estimate of drug-likeness (QED) is 0.645. The molecule has 3 heteroatoms. The van der Waals surface area contributed by atoms with E-state index in [1.807, 2.05) is 44.2 Å². The van der Waals surface area contributed by atoms with E-state index in [-0.39, 0.29) is 0 Å². The maximum atomic E-state index is 6.11. The SMILES string of the molecule is COC1=Cc2c(ccc3oc4ccccc4c23)OC1(C)C. The number of hydrogen-bond donors (Lipinski definition) is 0. The molecular formula is C18H16O3. The van der Waals surface area contributed by atoms with E-state index >= 15 is 0 Å². The van der Waals surface area contributed by atoms with E-state index in [1.54, 1.807) is 7.11 Å². The lowest BCUT2D eigenvalue weighted by Crippen LogP contribution is -2.34. The number of fused-ring (bicyclic) bond motifs is 5. The Morgan fingerprint density at radius 1 is 1.00 bits per heavy atom. The Labute approximate surface area is 122 Å². The van der Waals surface area contributed by atoms with Crippen molar-refractivity contribution in [2.45, 2.75) is 19.4 Å². The van der Waals surface area contributed by atoms with Crippen LogP contribution in [0.25, 0.3) is 28.0 Å². The normalized spacial score (nSPS) is 16.4. The van der Waals surface area contributed by atoms with E-state index < -0.39 is 5.60 Å². The third kappa shape index (κ3) is 1.67. The van der Waals surface area contributed by atoms with Gasteiger partial charge in [-0.2, -0.15) is 0 Å². The Kier molecular flexibility index (Phi) is 2.37. The summed E-state index contributed by atoms with van der Waals surface area (Å²) in [5.41, 5.74) is 2.31. The Morgan fingerprint density at radius 2 is 1.81 bits per heavy atom. The lowest BCUT2D eigenvalue weighted by Gasteiger charge is -2.32. The van der Waals surface area contributed by atoms with Gasteiger partial charge in [-0.15, -0.1) is 0 Å². The van der Waals surface area contributed by atoms with Crippen molar-refractivity contribution in [1.29, 1.82) is 0 Å². The molecule has 0 spiro atoms. The van der Waals surface area contributed by atoms with E-state index in [1.165, 1.54) is 0 Å². The van der Waals surface area contributed by atoms with Gasteiger partial charge in [0.2, 0.25) is 0 Å². The van der Waals surface area contributed by atoms with Crippen LogP contribution in [0.1, 0.15) is 19.4 Å². The van der Waals surface area contributed by atoms with Gasteiger partial charge in [0.25, 0.3) is 0 Å². The van der Waals surface area contributed by atoms with Gasteiger partial charge in [-0.1, -0.05) is 18.2 Å². The second kappa shape index (κ2) is 4.04. The molecule has 3 aromatic rings. The first kappa shape index (κ1) is 12.3. The zero-order valence-corrected chi connectivity index (χ0v) is 12.3. The Hall–Kier alpha value is -2.42. The van der Waals surface area contributed by atoms with Gasteiger partial charge in [0.15, 0.2) is 5.60 Å². The van der Waals surface area contributed by atoms with E-state index in [4.69, 9.17) is 13.9 Å². The number of para-hydroxylation sites is 1. The van der Waals surface area contributed by atoms with E-state index in [2.05, 4.69) is 12.1 Å². The minimum absolute atomic E-state index is 0.463. The molecule has 2 aromatic carbocycles. The van der Waals surface area contributed by atoms with Crippen LogP contribution in [0, 0.1) is 0 Å². The summed E-state index contributed by atoms with van der Waals surface area (Å²) in [5.74, 6) is 1.67. The molecule has 1 aliphatic heterocycles. The van der Waals surface area contributed by atoms with Crippen molar-refractivity contribution in [1.82, 2.24) is 0 Å². The average molecular weight is 280 g/mol. The van der Waals surface area contributed by atoms with Gasteiger partial charge in [-0.3, -0.25) is 0 Å². The number of methoxy groups -OCH3 is 1. The van der Waals surface area contributed by atoms with E-state index in [9.17, 15) is 0 Å². The molecule has 0 bridgehead atoms. The lowest BCUT2D eigenvalue weighted by atomic mass is 9.96. The van der Waals surface area contributed by atoms with Crippen LogP contribution in [-0.2, 0) is 4.74 Å². The highest BCUT2D eigenvalue weighted by Crippen LogP contribution is 2.42. The summed E-state index contributed by atoms with van der Waals surface area (Å²) in [6.45, 7) is 4.01. The van der Waals surface area contributed by atoms with Crippen molar-refractivity contribution in [3.63, 3.8) is 0 Å². The Morgan fingerprint density at radius 3 is 2.62 bits per heavy atom. The zero-order chi connectivity index (χ0) is 14.6. The summed E-state index contributed by atoms with van der Waals surface area (Å²) in [6.07, 6.45) is 2.06. The highest BCUT2D eigenvalue weighted by atomic mass is 16.5. The Balaban J connectivity index is 2.11. The van der Waals surface area contributed by atoms with Gasteiger partial charge < -0.3 is 13.9 Å². The van der Waals surface area contributed by atoms with Gasteiger partial charge in [0.05, 0.1) is 7.11 Å². The first-order valence-corrected chi connectivity index (χ1v) is 6.99. The zero-order valence-electron chi connectivity index (χ0n) is 12.3. The predicted molar refractivity (Wildman–Crippen MR) is 83.4 cm³/mol. The molecule has 0 saturated heterocycles. The minimum Gasteiger partial charge on any atom is -0.497 e. The summed E-state index contributed by atoms with van der Waals surface area (Å²) in [6, 6.07) is 12.0. The van der Waals surface area contributed by atoms with Crippen LogP contribution in [0.2, 0.25) is 0 Å². The molecule has 0 unspecified atom stereocenters. The number of hydrogen-bond acceptors (Lipinski definition) is 3. The topological polar surface area (TPSA) is 31.6 Å². The van der Waals surface area contributed by atoms with E-state index in [0.717, 1.165) is 39.0 Å². The lowest BCUT2D eigenvalue weighted by molar-refractivity contribution is 0.0759. The first-order valence-electron chi connectivity index (χ1n) is 6.99. The monoisotopic (exact) mass is 280 g/mol. The molecule has 3 nitrogen and oxygen atoms in total. The van der Waals surface area contributed by atoms with Gasteiger partial charge in [0.1, 0.15) is 22.7 Å². The summed E-state index contributed by atoms with van der Waals surface area (Å²) in [4.78, 5) is 0. The summed E-state index contributed by atoms with van der Waals surface area (Å²) in [5, 5.41) is 2.17. The number of benzene rings is 2. The highest BCUT2D eigenvalue weighted by Gasteiger charge is 2.32. The van der Waals surface area contributed by atoms with E-state index in [0.29, 0.717) is 0 Å². The summed E-state index contributed by atoms with van der Waals surface area (Å²) >= 11 is 0. The fourth-order valence-electron chi connectivity index (χ4n) is 2.99. The van der Waals surface area contributed by atoms with Crippen LogP contribution >= 0.6 is 0 Å². The van der Waals surface area contributed by atoms with Crippen LogP contribution in [0.5, 0.6) is 5.75 Å². The van der Waals surface area contributed by atoms with Gasteiger partial charge >= 0.3 is 0 Å². The standard InChI is InChI=1S/C18H16O3/c1-18(2)16(19-3)10-12-14(21-18)8-9-15-17(12)11-6-4-5-7-13(11)20-15/h4-10H,1-3H3. The fourth-order valence-corrected chi connectivity index (χ4v) is 2.99. The van der Waals surface area contributed by atoms with Crippen LogP contribution in [0.15, 0.2) is 46.6 Å². The molecule has 0 radical (unpaired) electrons. The second-order valence-corrected chi connectivity index (χ2v) is 5.77. The molecule has 0 aliphatic carbocycles. The van der Waals surface area contributed by atoms with Gasteiger partial charge in [-0.05, 0) is 38.1 Å². The number of ether oxygens (including phenoxy) is 2. The van der Waals surface area contributed by atoms with Crippen molar-refractivity contribution in [3.8, 4) is 5.75 Å². The molecule has 21 heavy (non-hydrogen) atoms. The van der Waals surface area contributed by atoms with Crippen molar-refractivity contribution in [2.24, 2.45) is 0 Å². The molecule has 2 heterocycles. The van der Waals surface area contributed by atoms with Crippen molar-refractivity contribution in [2.75, 3.05) is 7.11 Å². The average Bonchev–Trinajstić information content (AvgIpc) is 2.84. The maximum Gasteiger partial charge on any atom is 0.160 e. The molecule has 0 saturated carbocycles. The second-order valence-electron chi connectivity index (χ2n) is 5.77. The van der Waals surface area contributed by atoms with Gasteiger partial charge in [0, 0.05) is 16.3 Å². The predicted octanol–water partition coefficient (Wildman–Crippen LogP) is 4.74. The van der Waals surface area contributed by atoms with Gasteiger partial charge in [-0.25, -0.2) is 0 Å². The van der Waals surface area contributed by atoms with Crippen LogP contribution in [0.3, 0.4) is 0 Å². The van der Waals surface area contributed by atoms with Crippen LogP contribution in [0.4, 0.5) is 0 Å². The summed E-state index contributed by atoms with van der Waals surface area (Å²) < 4.78 is 17.5. The minimum atomic E-state index is -0.463. The largest absolute Gasteiger partial charge is 0.497 e. The van der Waals surface area contributed by atoms with Crippen molar-refractivity contribution in [3.05, 3.63) is 47.7 Å². The highest BCUT2D eigenvalue weighted by molar-refractivity contribution is 6.10. The molecular weight excluding hydrogens is 264 g/mol. The summed E-state index contributed by atoms with van der Waals surface area (Å²) in [7, 11) is 1.68. The van der Waals surface area contributed by atoms with Crippen molar-refractivity contribution < 1.29 is 13.9 Å². The Bertz CT molecular complexity index is 884. The smallest absolute Gasteiger partial charge is 0.160 e. The van der Waals surface area contributed by atoms with Crippen LogP contribution < -0.4 is 4.74 Å². The molecule has 1 aliphatic rings. The molecule has 106 valence electrons. The molecule has 0 atom stereocenters. The first-order chi connectivity index (χ1) is 10.1. The number of rotatable bonds is 1. The molecule has 1 aromatic heterocycles. The number of furan rings is 1. The fraction of sp³-hybridized carbons (Fsp3) is 0.222. The maximum absolute atomic E-state index is 6.11. The third-order valence-electron chi connectivity index (χ3n) is 4.00. The third-order valence-corrected chi connectivity index (χ3v) is 4.00. The molecule has 0 fully saturated rings. The molecule has 4 rings (SSSR count). The van der Waals surface area contributed by atoms with Crippen molar-refractivity contribution >= 4 is 28.0 Å².